The highest BCUT2D eigenvalue weighted by Crippen LogP contribution is 2.26. The Hall–Kier alpha value is -1.67. The molecule has 0 bridgehead atoms. The van der Waals surface area contributed by atoms with Crippen molar-refractivity contribution in [2.24, 2.45) is 0 Å². The van der Waals surface area contributed by atoms with E-state index in [1.54, 1.807) is 6.08 Å². The standard InChI is InChI=1S/C15H19ClN2/c1-6-14(13-10-8-7-9-11-13)15(16)18(5)12(2)17(3)4/h6-11H,1-2H2,3-5H3/b15-14+. The second-order valence-corrected chi connectivity index (χ2v) is 4.50. The van der Waals surface area contributed by atoms with Crippen molar-refractivity contribution in [3.05, 3.63) is 66.1 Å². The second-order valence-electron chi connectivity index (χ2n) is 4.14. The Kier molecular flexibility index (Phi) is 5.05. The number of hydrogen-bond acceptors (Lipinski definition) is 2. The molecule has 0 amide bonds. The van der Waals surface area contributed by atoms with Crippen LogP contribution in [0.25, 0.3) is 5.57 Å². The third-order valence-electron chi connectivity index (χ3n) is 2.71. The van der Waals surface area contributed by atoms with Crippen molar-refractivity contribution in [3.8, 4) is 0 Å². The number of nitrogens with zero attached hydrogens (tertiary/aromatic N) is 2. The molecule has 0 N–H and O–H groups in total. The van der Waals surface area contributed by atoms with E-state index in [0.717, 1.165) is 17.0 Å². The van der Waals surface area contributed by atoms with E-state index in [9.17, 15) is 0 Å². The molecule has 0 unspecified atom stereocenters. The zero-order chi connectivity index (χ0) is 13.7. The van der Waals surface area contributed by atoms with E-state index in [1.165, 1.54) is 0 Å². The molecule has 18 heavy (non-hydrogen) atoms. The Morgan fingerprint density at radius 1 is 1.17 bits per heavy atom. The summed E-state index contributed by atoms with van der Waals surface area (Å²) >= 11 is 6.42. The maximum absolute atomic E-state index is 6.42. The average molecular weight is 263 g/mol. The fraction of sp³-hybridized carbons (Fsp3) is 0.200. The van der Waals surface area contributed by atoms with Crippen molar-refractivity contribution in [1.82, 2.24) is 9.80 Å². The molecule has 2 nitrogen and oxygen atoms in total. The molecule has 96 valence electrons. The molecule has 0 aliphatic rings. The minimum absolute atomic E-state index is 0.606. The maximum atomic E-state index is 6.42. The molecule has 0 aliphatic heterocycles. The van der Waals surface area contributed by atoms with E-state index in [4.69, 9.17) is 11.6 Å². The highest BCUT2D eigenvalue weighted by atomic mass is 35.5. The van der Waals surface area contributed by atoms with Crippen LogP contribution < -0.4 is 0 Å². The monoisotopic (exact) mass is 262 g/mol. The number of hydrogen-bond donors (Lipinski definition) is 0. The third kappa shape index (κ3) is 3.17. The molecule has 1 rings (SSSR count). The molecular weight excluding hydrogens is 244 g/mol. The van der Waals surface area contributed by atoms with Gasteiger partial charge in [0.05, 0.1) is 0 Å². The van der Waals surface area contributed by atoms with Gasteiger partial charge in [-0.05, 0) is 5.56 Å². The first-order chi connectivity index (χ1) is 8.49. The average Bonchev–Trinajstić information content (AvgIpc) is 2.38. The number of halogens is 1. The second kappa shape index (κ2) is 6.31. The Morgan fingerprint density at radius 3 is 2.17 bits per heavy atom. The number of rotatable bonds is 5. The van der Waals surface area contributed by atoms with Crippen LogP contribution in [0.3, 0.4) is 0 Å². The molecule has 0 heterocycles. The zero-order valence-corrected chi connectivity index (χ0v) is 11.9. The van der Waals surface area contributed by atoms with Crippen LogP contribution in [0, 0.1) is 0 Å². The van der Waals surface area contributed by atoms with Crippen molar-refractivity contribution in [2.75, 3.05) is 21.1 Å². The lowest BCUT2D eigenvalue weighted by Crippen LogP contribution is -2.25. The van der Waals surface area contributed by atoms with E-state index in [0.29, 0.717) is 5.16 Å². The highest BCUT2D eigenvalue weighted by molar-refractivity contribution is 6.32. The van der Waals surface area contributed by atoms with Crippen LogP contribution in [0.4, 0.5) is 0 Å². The smallest absolute Gasteiger partial charge is 0.118 e. The van der Waals surface area contributed by atoms with Gasteiger partial charge in [-0.3, -0.25) is 0 Å². The van der Waals surface area contributed by atoms with Gasteiger partial charge < -0.3 is 9.80 Å². The van der Waals surface area contributed by atoms with Gasteiger partial charge in [0.2, 0.25) is 0 Å². The van der Waals surface area contributed by atoms with Gasteiger partial charge >= 0.3 is 0 Å². The summed E-state index contributed by atoms with van der Waals surface area (Å²) in [4.78, 5) is 3.75. The van der Waals surface area contributed by atoms with Crippen molar-refractivity contribution >= 4 is 17.2 Å². The lowest BCUT2D eigenvalue weighted by atomic mass is 10.1. The number of benzene rings is 1. The minimum Gasteiger partial charge on any atom is -0.365 e. The van der Waals surface area contributed by atoms with E-state index in [-0.39, 0.29) is 0 Å². The predicted molar refractivity (Wildman–Crippen MR) is 80.0 cm³/mol. The van der Waals surface area contributed by atoms with Crippen LogP contribution >= 0.6 is 11.6 Å². The van der Waals surface area contributed by atoms with Crippen LogP contribution in [-0.4, -0.2) is 30.9 Å². The zero-order valence-electron chi connectivity index (χ0n) is 11.2. The first-order valence-electron chi connectivity index (χ1n) is 5.66. The Balaban J connectivity index is 3.16. The summed E-state index contributed by atoms with van der Waals surface area (Å²) < 4.78 is 0. The maximum Gasteiger partial charge on any atom is 0.118 e. The van der Waals surface area contributed by atoms with Crippen molar-refractivity contribution < 1.29 is 0 Å². The minimum atomic E-state index is 0.606. The number of allylic oxidation sites excluding steroid dienone is 2. The van der Waals surface area contributed by atoms with Gasteiger partial charge in [-0.15, -0.1) is 0 Å². The molecule has 1 aromatic carbocycles. The van der Waals surface area contributed by atoms with Crippen molar-refractivity contribution in [3.63, 3.8) is 0 Å². The molecule has 1 aromatic rings. The molecule has 0 saturated heterocycles. The Labute approximate surface area is 114 Å². The first kappa shape index (κ1) is 14.4. The molecule has 0 radical (unpaired) electrons. The van der Waals surface area contributed by atoms with Crippen LogP contribution in [0.1, 0.15) is 5.56 Å². The van der Waals surface area contributed by atoms with Gasteiger partial charge in [-0.1, -0.05) is 61.2 Å². The van der Waals surface area contributed by atoms with Crippen LogP contribution in [-0.2, 0) is 0 Å². The van der Waals surface area contributed by atoms with E-state index >= 15 is 0 Å². The fourth-order valence-electron chi connectivity index (χ4n) is 1.53. The van der Waals surface area contributed by atoms with E-state index in [2.05, 4.69) is 13.2 Å². The summed E-state index contributed by atoms with van der Waals surface area (Å²) in [5.74, 6) is 0.815. The Morgan fingerprint density at radius 2 is 1.72 bits per heavy atom. The summed E-state index contributed by atoms with van der Waals surface area (Å²) in [6.45, 7) is 7.82. The van der Waals surface area contributed by atoms with E-state index < -0.39 is 0 Å². The largest absolute Gasteiger partial charge is 0.365 e. The van der Waals surface area contributed by atoms with Gasteiger partial charge in [0.15, 0.2) is 0 Å². The van der Waals surface area contributed by atoms with Gasteiger partial charge in [0, 0.05) is 26.7 Å². The first-order valence-corrected chi connectivity index (χ1v) is 6.04. The molecule has 0 atom stereocenters. The van der Waals surface area contributed by atoms with Gasteiger partial charge in [0.25, 0.3) is 0 Å². The van der Waals surface area contributed by atoms with Gasteiger partial charge in [0.1, 0.15) is 11.0 Å². The summed E-state index contributed by atoms with van der Waals surface area (Å²) in [6.07, 6.45) is 1.76. The summed E-state index contributed by atoms with van der Waals surface area (Å²) in [5.41, 5.74) is 1.93. The third-order valence-corrected chi connectivity index (χ3v) is 3.17. The molecule has 0 fully saturated rings. The molecule has 0 saturated carbocycles. The normalized spacial score (nSPS) is 11.6. The lowest BCUT2D eigenvalue weighted by molar-refractivity contribution is 0.364. The summed E-state index contributed by atoms with van der Waals surface area (Å²) in [5, 5.41) is 0.606. The summed E-state index contributed by atoms with van der Waals surface area (Å²) in [6, 6.07) is 9.94. The predicted octanol–water partition coefficient (Wildman–Crippen LogP) is 3.74. The van der Waals surface area contributed by atoms with E-state index in [1.807, 2.05) is 61.3 Å². The lowest BCUT2D eigenvalue weighted by Gasteiger charge is -2.27. The highest BCUT2D eigenvalue weighted by Gasteiger charge is 2.12. The quantitative estimate of drug-likeness (QED) is 0.589. The van der Waals surface area contributed by atoms with Crippen LogP contribution in [0.2, 0.25) is 0 Å². The van der Waals surface area contributed by atoms with Gasteiger partial charge in [-0.25, -0.2) is 0 Å². The molecule has 0 aliphatic carbocycles. The summed E-state index contributed by atoms with van der Waals surface area (Å²) in [7, 11) is 5.75. The Bertz CT molecular complexity index is 461. The topological polar surface area (TPSA) is 6.48 Å². The van der Waals surface area contributed by atoms with Crippen molar-refractivity contribution in [1.29, 1.82) is 0 Å². The van der Waals surface area contributed by atoms with Crippen LogP contribution in [0.5, 0.6) is 0 Å². The molecule has 0 spiro atoms. The molecule has 0 aromatic heterocycles. The fourth-order valence-corrected chi connectivity index (χ4v) is 1.82. The van der Waals surface area contributed by atoms with Crippen molar-refractivity contribution in [2.45, 2.75) is 0 Å². The SMILES string of the molecule is C=C/C(=C(/Cl)N(C)C(=C)N(C)C)c1ccccc1. The molecular formula is C15H19ClN2. The van der Waals surface area contributed by atoms with Crippen LogP contribution in [0.15, 0.2) is 60.5 Å². The van der Waals surface area contributed by atoms with Gasteiger partial charge in [-0.2, -0.15) is 0 Å². The molecule has 3 heteroatoms.